The summed E-state index contributed by atoms with van der Waals surface area (Å²) in [6.07, 6.45) is 3.82. The Bertz CT molecular complexity index is 2720. The zero-order chi connectivity index (χ0) is 35.4. The number of aromatic nitrogens is 2. The van der Waals surface area contributed by atoms with E-state index in [2.05, 4.69) is 184 Å². The second-order valence-electron chi connectivity index (χ2n) is 13.5. The van der Waals surface area contributed by atoms with Gasteiger partial charge in [-0.25, -0.2) is 0 Å². The molecule has 0 spiro atoms. The monoisotopic (exact) mass is 676 g/mol. The van der Waals surface area contributed by atoms with Crippen molar-refractivity contribution in [2.75, 3.05) is 4.90 Å². The van der Waals surface area contributed by atoms with Crippen molar-refractivity contribution in [3.8, 4) is 22.9 Å². The summed E-state index contributed by atoms with van der Waals surface area (Å²) in [5.74, 6) is 0. The first-order valence-electron chi connectivity index (χ1n) is 17.8. The van der Waals surface area contributed by atoms with Gasteiger partial charge < -0.3 is 9.47 Å². The number of anilines is 3. The standard InChI is InChI=1S/C49H32N4/c50-32-34-14-13-15-35(28-34)36-29-39(52-45-23-10-7-20-41(45)42-33-51-27-26-46(42)52)31-40(30-36)53-47-24-11-8-21-43(47)49(37-16-3-1-4-17-37,38-18-5-2-6-19-38)44-22-9-12-25-48(44)53/h1-31,33H. The highest BCUT2D eigenvalue weighted by molar-refractivity contribution is 6.09. The van der Waals surface area contributed by atoms with Crippen LogP contribution in [0.15, 0.2) is 194 Å². The molecule has 0 aliphatic carbocycles. The molecule has 1 aliphatic heterocycles. The van der Waals surface area contributed by atoms with Crippen molar-refractivity contribution in [2.24, 2.45) is 0 Å². The molecule has 10 rings (SSSR count). The molecule has 9 aromatic rings. The first-order chi connectivity index (χ1) is 26.3. The highest BCUT2D eigenvalue weighted by Gasteiger charge is 2.46. The van der Waals surface area contributed by atoms with Crippen LogP contribution in [0.3, 0.4) is 0 Å². The molecule has 0 atom stereocenters. The first kappa shape index (κ1) is 30.6. The van der Waals surface area contributed by atoms with Gasteiger partial charge in [-0.2, -0.15) is 5.26 Å². The molecule has 1 aliphatic rings. The number of hydrogen-bond donors (Lipinski definition) is 0. The lowest BCUT2D eigenvalue weighted by Gasteiger charge is -2.46. The van der Waals surface area contributed by atoms with Crippen LogP contribution in [-0.2, 0) is 5.41 Å². The molecule has 0 bridgehead atoms. The van der Waals surface area contributed by atoms with Crippen molar-refractivity contribution in [3.05, 3.63) is 222 Å². The zero-order valence-corrected chi connectivity index (χ0v) is 28.8. The number of para-hydroxylation sites is 3. The van der Waals surface area contributed by atoms with Gasteiger partial charge in [0.25, 0.3) is 0 Å². The molecule has 248 valence electrons. The van der Waals surface area contributed by atoms with Gasteiger partial charge in [-0.1, -0.05) is 127 Å². The van der Waals surface area contributed by atoms with Gasteiger partial charge in [0.1, 0.15) is 0 Å². The number of benzene rings is 7. The predicted molar refractivity (Wildman–Crippen MR) is 215 cm³/mol. The van der Waals surface area contributed by atoms with Crippen LogP contribution in [0, 0.1) is 11.3 Å². The van der Waals surface area contributed by atoms with E-state index >= 15 is 0 Å². The summed E-state index contributed by atoms with van der Waals surface area (Å²) < 4.78 is 2.34. The number of hydrogen-bond acceptors (Lipinski definition) is 3. The normalized spacial score (nSPS) is 13.0. The van der Waals surface area contributed by atoms with Crippen LogP contribution >= 0.6 is 0 Å². The van der Waals surface area contributed by atoms with E-state index in [1.54, 1.807) is 0 Å². The van der Waals surface area contributed by atoms with Gasteiger partial charge in [0, 0.05) is 34.5 Å². The summed E-state index contributed by atoms with van der Waals surface area (Å²) >= 11 is 0. The van der Waals surface area contributed by atoms with Crippen molar-refractivity contribution in [2.45, 2.75) is 5.41 Å². The highest BCUT2D eigenvalue weighted by atomic mass is 15.2. The van der Waals surface area contributed by atoms with E-state index in [1.807, 2.05) is 30.6 Å². The van der Waals surface area contributed by atoms with E-state index in [-0.39, 0.29) is 0 Å². The average Bonchev–Trinajstić information content (AvgIpc) is 3.58. The van der Waals surface area contributed by atoms with Crippen LogP contribution in [0.4, 0.5) is 17.1 Å². The van der Waals surface area contributed by atoms with Gasteiger partial charge in [-0.3, -0.25) is 4.98 Å². The fourth-order valence-electron chi connectivity index (χ4n) is 8.57. The molecule has 4 heteroatoms. The molecule has 0 unspecified atom stereocenters. The lowest BCUT2D eigenvalue weighted by atomic mass is 9.62. The Morgan fingerprint density at radius 1 is 0.491 bits per heavy atom. The van der Waals surface area contributed by atoms with Crippen LogP contribution in [0.2, 0.25) is 0 Å². The molecule has 0 fully saturated rings. The van der Waals surface area contributed by atoms with Crippen molar-refractivity contribution < 1.29 is 0 Å². The molecule has 3 heterocycles. The minimum absolute atomic E-state index is 0.562. The second-order valence-corrected chi connectivity index (χ2v) is 13.5. The predicted octanol–water partition coefficient (Wildman–Crippen LogP) is 11.9. The second kappa shape index (κ2) is 12.2. The lowest BCUT2D eigenvalue weighted by molar-refractivity contribution is 0.731. The topological polar surface area (TPSA) is 44.9 Å². The quantitative estimate of drug-likeness (QED) is 0.182. The van der Waals surface area contributed by atoms with Crippen molar-refractivity contribution in [1.29, 1.82) is 5.26 Å². The molecular weight excluding hydrogens is 645 g/mol. The molecule has 0 saturated heterocycles. The summed E-state index contributed by atoms with van der Waals surface area (Å²) in [5.41, 5.74) is 13.4. The van der Waals surface area contributed by atoms with Crippen LogP contribution in [0.1, 0.15) is 27.8 Å². The Kier molecular flexibility index (Phi) is 7.06. The summed E-state index contributed by atoms with van der Waals surface area (Å²) in [6, 6.07) is 67.1. The van der Waals surface area contributed by atoms with Gasteiger partial charge in [0.05, 0.1) is 39.5 Å². The third-order valence-corrected chi connectivity index (χ3v) is 10.7. The first-order valence-corrected chi connectivity index (χ1v) is 17.8. The fraction of sp³-hybridized carbons (Fsp3) is 0.0204. The fourth-order valence-corrected chi connectivity index (χ4v) is 8.57. The maximum absolute atomic E-state index is 9.90. The number of nitrogens with zero attached hydrogens (tertiary/aromatic N) is 4. The summed E-state index contributed by atoms with van der Waals surface area (Å²) in [4.78, 5) is 6.93. The van der Waals surface area contributed by atoms with Gasteiger partial charge in [-0.05, 0) is 88.0 Å². The molecule has 0 radical (unpaired) electrons. The molecule has 53 heavy (non-hydrogen) atoms. The highest BCUT2D eigenvalue weighted by Crippen LogP contribution is 2.58. The zero-order valence-electron chi connectivity index (χ0n) is 28.8. The molecule has 0 N–H and O–H groups in total. The van der Waals surface area contributed by atoms with Crippen LogP contribution < -0.4 is 4.90 Å². The van der Waals surface area contributed by atoms with Gasteiger partial charge >= 0.3 is 0 Å². The summed E-state index contributed by atoms with van der Waals surface area (Å²) in [5, 5.41) is 12.1. The minimum atomic E-state index is -0.562. The van der Waals surface area contributed by atoms with E-state index in [4.69, 9.17) is 0 Å². The number of nitriles is 1. The Labute approximate surface area is 308 Å². The molecule has 4 nitrogen and oxygen atoms in total. The Morgan fingerprint density at radius 3 is 1.79 bits per heavy atom. The SMILES string of the molecule is N#Cc1cccc(-c2cc(N3c4ccccc4C(c4ccccc4)(c4ccccc4)c4ccccc43)cc(-n3c4ccccc4c4cnccc43)c2)c1. The van der Waals surface area contributed by atoms with Gasteiger partial charge in [-0.15, -0.1) is 0 Å². The minimum Gasteiger partial charge on any atom is -0.310 e. The Balaban J connectivity index is 1.30. The lowest BCUT2D eigenvalue weighted by Crippen LogP contribution is -2.37. The molecule has 0 amide bonds. The van der Waals surface area contributed by atoms with E-state index in [0.717, 1.165) is 55.7 Å². The van der Waals surface area contributed by atoms with Crippen LogP contribution in [-0.4, -0.2) is 9.55 Å². The third kappa shape index (κ3) is 4.65. The van der Waals surface area contributed by atoms with Crippen LogP contribution in [0.5, 0.6) is 0 Å². The molecule has 2 aromatic heterocycles. The largest absolute Gasteiger partial charge is 0.310 e. The molecule has 7 aromatic carbocycles. The number of fused-ring (bicyclic) bond motifs is 5. The maximum Gasteiger partial charge on any atom is 0.0991 e. The molecular formula is C49H32N4. The van der Waals surface area contributed by atoms with Gasteiger partial charge in [0.15, 0.2) is 0 Å². The van der Waals surface area contributed by atoms with Crippen molar-refractivity contribution >= 4 is 38.9 Å². The number of pyridine rings is 1. The Morgan fingerprint density at radius 2 is 1.09 bits per heavy atom. The van der Waals surface area contributed by atoms with E-state index in [0.29, 0.717) is 5.56 Å². The summed E-state index contributed by atoms with van der Waals surface area (Å²) in [7, 11) is 0. The van der Waals surface area contributed by atoms with Gasteiger partial charge in [0.2, 0.25) is 0 Å². The van der Waals surface area contributed by atoms with E-state index < -0.39 is 5.41 Å². The third-order valence-electron chi connectivity index (χ3n) is 10.7. The van der Waals surface area contributed by atoms with Crippen LogP contribution in [0.25, 0.3) is 38.6 Å². The van der Waals surface area contributed by atoms with E-state index in [1.165, 1.54) is 22.3 Å². The average molecular weight is 677 g/mol. The van der Waals surface area contributed by atoms with Crippen molar-refractivity contribution in [3.63, 3.8) is 0 Å². The molecule has 0 saturated carbocycles. The van der Waals surface area contributed by atoms with E-state index in [9.17, 15) is 5.26 Å². The Hall–Kier alpha value is -7.22. The number of rotatable bonds is 5. The van der Waals surface area contributed by atoms with Crippen molar-refractivity contribution in [1.82, 2.24) is 9.55 Å². The maximum atomic E-state index is 9.90. The smallest absolute Gasteiger partial charge is 0.0991 e. The summed E-state index contributed by atoms with van der Waals surface area (Å²) in [6.45, 7) is 0.